The Bertz CT molecular complexity index is 747. The fraction of sp³-hybridized carbons (Fsp3) is 0.760. The van der Waals surface area contributed by atoms with Crippen molar-refractivity contribution in [1.82, 2.24) is 0 Å². The van der Waals surface area contributed by atoms with Gasteiger partial charge in [0.25, 0.3) is 0 Å². The summed E-state index contributed by atoms with van der Waals surface area (Å²) in [4.78, 5) is 9.60. The molecule has 9 nitrogen and oxygen atoms in total. The Morgan fingerprint density at radius 3 is 1.59 bits per heavy atom. The van der Waals surface area contributed by atoms with Gasteiger partial charge >= 0.3 is 34.5 Å². The molecule has 0 spiro atoms. The number of halogens is 2. The summed E-state index contributed by atoms with van der Waals surface area (Å²) in [7, 11) is 20.1. The number of methoxy groups -OCH3 is 6. The molecule has 1 aliphatic heterocycles. The average Bonchev–Trinajstić information content (AvgIpc) is 2.94. The number of allylic oxidation sites excluding steroid dienone is 3. The predicted molar refractivity (Wildman–Crippen MR) is 144 cm³/mol. The van der Waals surface area contributed by atoms with Crippen LogP contribution < -0.4 is 0 Å². The molecular formula is C25H40Cl2N3O6Zn-. The van der Waals surface area contributed by atoms with Gasteiger partial charge in [-0.25, -0.2) is 0 Å². The molecule has 208 valence electrons. The summed E-state index contributed by atoms with van der Waals surface area (Å²) in [6, 6.07) is 0.0560. The van der Waals surface area contributed by atoms with Crippen molar-refractivity contribution in [2.24, 2.45) is 9.98 Å². The van der Waals surface area contributed by atoms with Gasteiger partial charge in [0.2, 0.25) is 0 Å². The van der Waals surface area contributed by atoms with Gasteiger partial charge < -0.3 is 33.7 Å². The molecule has 0 radical (unpaired) electrons. The van der Waals surface area contributed by atoms with Gasteiger partial charge in [0.05, 0.1) is 36.5 Å². The Kier molecular flexibility index (Phi) is 16.0. The molecule has 2 saturated carbocycles. The van der Waals surface area contributed by atoms with E-state index in [2.05, 4.69) is 0 Å². The summed E-state index contributed by atoms with van der Waals surface area (Å²) in [6.07, 6.45) is 12.5. The molecule has 2 aliphatic carbocycles. The molecule has 0 saturated heterocycles. The van der Waals surface area contributed by atoms with Crippen LogP contribution in [0.25, 0.3) is 5.32 Å². The Hall–Kier alpha value is -0.417. The second-order valence-corrected chi connectivity index (χ2v) is 13.6. The Labute approximate surface area is 237 Å². The fourth-order valence-corrected chi connectivity index (χ4v) is 5.13. The van der Waals surface area contributed by atoms with Crippen molar-refractivity contribution in [2.75, 3.05) is 42.7 Å². The van der Waals surface area contributed by atoms with Crippen molar-refractivity contribution in [3.63, 3.8) is 0 Å². The van der Waals surface area contributed by atoms with E-state index < -0.39 is 15.1 Å². The number of rotatable bonds is 10. The minimum absolute atomic E-state index is 0.0488. The quantitative estimate of drug-likeness (QED) is 0.272. The molecule has 0 aromatic rings. The first-order chi connectivity index (χ1) is 18.0. The van der Waals surface area contributed by atoms with E-state index in [-0.39, 0.29) is 54.7 Å². The molecule has 0 N–H and O–H groups in total. The molecule has 0 aromatic carbocycles. The maximum absolute atomic E-state index is 5.63. The molecule has 0 bridgehead atoms. The van der Waals surface area contributed by atoms with Crippen LogP contribution in [0.4, 0.5) is 0 Å². The third kappa shape index (κ3) is 9.93. The van der Waals surface area contributed by atoms with Crippen LogP contribution in [-0.4, -0.2) is 110 Å². The van der Waals surface area contributed by atoms with E-state index in [1.54, 1.807) is 42.7 Å². The topological polar surface area (TPSA) is 94.2 Å². The average molecular weight is 615 g/mol. The first-order valence-corrected chi connectivity index (χ1v) is 20.2. The summed E-state index contributed by atoms with van der Waals surface area (Å²) >= 11 is -0.931. The zero-order valence-corrected chi connectivity index (χ0v) is 27.1. The Balaban J connectivity index is 0.00000153. The van der Waals surface area contributed by atoms with Crippen LogP contribution in [0.5, 0.6) is 0 Å². The van der Waals surface area contributed by atoms with E-state index in [1.165, 1.54) is 0 Å². The van der Waals surface area contributed by atoms with Gasteiger partial charge in [-0.05, 0) is 31.9 Å². The third-order valence-electron chi connectivity index (χ3n) is 6.98. The number of ether oxygens (including phenoxy) is 6. The molecule has 3 rings (SSSR count). The zero-order chi connectivity index (χ0) is 27.2. The molecular weight excluding hydrogens is 575 g/mol. The number of hydrogen-bond acceptors (Lipinski definition) is 8. The van der Waals surface area contributed by atoms with Crippen LogP contribution in [0.1, 0.15) is 25.7 Å². The van der Waals surface area contributed by atoms with Crippen molar-refractivity contribution in [3.8, 4) is 0 Å². The van der Waals surface area contributed by atoms with Gasteiger partial charge in [-0.2, -0.15) is 0 Å². The molecule has 5 atom stereocenters. The standard InChI is InChI=1S/C25H40N3O6.2ClH.Zn/c1-29-20-10-18(11-21(30-2)24(20)33-5)26-14-16-8-7-9-17(28-16)15-27-19-12-22(31-3)25(34-6)23(13-19)32-4;;;/h7-9,14-16,18-25H,10-13H2,1-6H3;2*1H;/q-1;;;+2/p-2. The van der Waals surface area contributed by atoms with Crippen molar-refractivity contribution < 1.29 is 43.6 Å². The third-order valence-corrected chi connectivity index (χ3v) is 6.98. The van der Waals surface area contributed by atoms with Crippen LogP contribution >= 0.6 is 19.4 Å². The predicted octanol–water partition coefficient (Wildman–Crippen LogP) is 4.12. The Morgan fingerprint density at radius 2 is 1.19 bits per heavy atom. The van der Waals surface area contributed by atoms with Gasteiger partial charge in [-0.1, -0.05) is 24.3 Å². The first-order valence-electron chi connectivity index (χ1n) is 12.4. The van der Waals surface area contributed by atoms with Gasteiger partial charge in [-0.15, -0.1) is 5.70 Å². The van der Waals surface area contributed by atoms with Crippen molar-refractivity contribution in [2.45, 2.75) is 80.4 Å². The minimum atomic E-state index is -0.931. The summed E-state index contributed by atoms with van der Waals surface area (Å²) in [5.74, 6) is 0. The van der Waals surface area contributed by atoms with Crippen LogP contribution in [0, 0.1) is 0 Å². The second-order valence-electron chi connectivity index (χ2n) is 9.02. The molecule has 0 aromatic heterocycles. The summed E-state index contributed by atoms with van der Waals surface area (Å²) in [5, 5.41) is 4.77. The number of aliphatic imine (C=N–C) groups is 2. The SMILES string of the molecule is COC1CC(N=CC2=CC=CC(C=NC3CC(OC)C(OC)C(OC)C3)[N-]2)CC(OC)C1OC.[Cl][Zn][Cl]. The summed E-state index contributed by atoms with van der Waals surface area (Å²) in [5.41, 5.74) is 0.823. The molecule has 3 aliphatic rings. The maximum atomic E-state index is 5.63. The van der Waals surface area contributed by atoms with E-state index in [4.69, 9.17) is 63.1 Å². The van der Waals surface area contributed by atoms with Crippen LogP contribution in [-0.2, 0) is 43.6 Å². The molecule has 5 unspecified atom stereocenters. The molecule has 37 heavy (non-hydrogen) atoms. The fourth-order valence-electron chi connectivity index (χ4n) is 5.13. The monoisotopic (exact) mass is 612 g/mol. The number of hydrogen-bond donors (Lipinski definition) is 0. The van der Waals surface area contributed by atoms with Gasteiger partial charge in [0, 0.05) is 48.9 Å². The van der Waals surface area contributed by atoms with Gasteiger partial charge in [0.15, 0.2) is 0 Å². The van der Waals surface area contributed by atoms with E-state index >= 15 is 0 Å². The molecule has 2 fully saturated rings. The normalized spacial score (nSPS) is 36.0. The van der Waals surface area contributed by atoms with E-state index in [1.807, 2.05) is 30.7 Å². The van der Waals surface area contributed by atoms with E-state index in [0.29, 0.717) is 0 Å². The molecule has 0 amide bonds. The molecule has 1 heterocycles. The van der Waals surface area contributed by atoms with Gasteiger partial charge in [-0.3, -0.25) is 9.98 Å². The van der Waals surface area contributed by atoms with E-state index in [0.717, 1.165) is 31.4 Å². The van der Waals surface area contributed by atoms with Crippen LogP contribution in [0.3, 0.4) is 0 Å². The summed E-state index contributed by atoms with van der Waals surface area (Å²) < 4.78 is 33.7. The van der Waals surface area contributed by atoms with Crippen molar-refractivity contribution in [1.29, 1.82) is 0 Å². The van der Waals surface area contributed by atoms with Crippen LogP contribution in [0.15, 0.2) is 33.9 Å². The number of nitrogens with zero attached hydrogens (tertiary/aromatic N) is 3. The van der Waals surface area contributed by atoms with Crippen LogP contribution in [0.2, 0.25) is 0 Å². The van der Waals surface area contributed by atoms with Gasteiger partial charge in [0.1, 0.15) is 12.2 Å². The van der Waals surface area contributed by atoms with Crippen molar-refractivity contribution in [3.05, 3.63) is 29.2 Å². The second kappa shape index (κ2) is 18.0. The van der Waals surface area contributed by atoms with Crippen molar-refractivity contribution >= 4 is 31.8 Å². The Morgan fingerprint density at radius 1 is 0.757 bits per heavy atom. The first kappa shape index (κ1) is 32.8. The zero-order valence-electron chi connectivity index (χ0n) is 22.7. The molecule has 12 heteroatoms. The summed E-state index contributed by atoms with van der Waals surface area (Å²) in [6.45, 7) is 0. The van der Waals surface area contributed by atoms with E-state index in [9.17, 15) is 0 Å².